The molecular weight excluding hydrogens is 435 g/mol. The van der Waals surface area contributed by atoms with Crippen LogP contribution in [0.1, 0.15) is 5.56 Å². The van der Waals surface area contributed by atoms with Gasteiger partial charge in [-0.3, -0.25) is 14.6 Å². The third-order valence-electron chi connectivity index (χ3n) is 4.14. The number of aliphatic hydroxyl groups is 1. The van der Waals surface area contributed by atoms with Gasteiger partial charge in [-0.05, 0) is 40.3 Å². The maximum absolute atomic E-state index is 12.8. The van der Waals surface area contributed by atoms with Gasteiger partial charge in [-0.2, -0.15) is 0 Å². The van der Waals surface area contributed by atoms with Crippen molar-refractivity contribution in [2.45, 2.75) is 11.8 Å². The lowest BCUT2D eigenvalue weighted by atomic mass is 9.84. The first kappa shape index (κ1) is 16.7. The highest BCUT2D eigenvalue weighted by atomic mass is 127. The van der Waals surface area contributed by atoms with Crippen molar-refractivity contribution < 1.29 is 19.4 Å². The molecule has 1 aromatic rings. The van der Waals surface area contributed by atoms with Gasteiger partial charge < -0.3 is 9.84 Å². The van der Waals surface area contributed by atoms with Crippen LogP contribution in [0, 0.1) is 0 Å². The number of hydrogen-bond acceptors (Lipinski definition) is 4. The van der Waals surface area contributed by atoms with Crippen LogP contribution in [-0.4, -0.2) is 59.4 Å². The Morgan fingerprint density at radius 3 is 2.52 bits per heavy atom. The predicted molar refractivity (Wildman–Crippen MR) is 93.0 cm³/mol. The minimum Gasteiger partial charge on any atom is -0.370 e. The summed E-state index contributed by atoms with van der Waals surface area (Å²) in [5, 5.41) is 11.2. The summed E-state index contributed by atoms with van der Waals surface area (Å²) in [6.07, 6.45) is -1.41. The third-order valence-corrected chi connectivity index (χ3v) is 5.25. The Labute approximate surface area is 151 Å². The number of aliphatic hydroxyl groups excluding tert-OH is 1. The summed E-state index contributed by atoms with van der Waals surface area (Å²) in [5.74, 6) is -0.579. The monoisotopic (exact) mass is 448 g/mol. The Kier molecular flexibility index (Phi) is 4.16. The van der Waals surface area contributed by atoms with E-state index in [0.29, 0.717) is 10.6 Å². The zero-order valence-corrected chi connectivity index (χ0v) is 15.3. The van der Waals surface area contributed by atoms with Crippen molar-refractivity contribution in [1.29, 1.82) is 0 Å². The highest BCUT2D eigenvalue weighted by Gasteiger charge is 2.61. The average molecular weight is 449 g/mol. The first-order chi connectivity index (χ1) is 10.8. The molecule has 1 spiro atoms. The molecule has 3 amide bonds. The number of rotatable bonds is 1. The lowest BCUT2D eigenvalue weighted by Gasteiger charge is -2.45. The fourth-order valence-electron chi connectivity index (χ4n) is 2.94. The van der Waals surface area contributed by atoms with E-state index in [4.69, 9.17) is 16.3 Å². The van der Waals surface area contributed by atoms with Gasteiger partial charge in [0.1, 0.15) is 0 Å². The zero-order valence-electron chi connectivity index (χ0n) is 12.4. The van der Waals surface area contributed by atoms with Gasteiger partial charge in [0, 0.05) is 28.3 Å². The van der Waals surface area contributed by atoms with Crippen LogP contribution in [0.15, 0.2) is 27.8 Å². The molecule has 2 aliphatic rings. The smallest absolute Gasteiger partial charge is 0.328 e. The van der Waals surface area contributed by atoms with Crippen LogP contribution in [0.5, 0.6) is 0 Å². The van der Waals surface area contributed by atoms with E-state index in [0.717, 1.165) is 18.9 Å². The van der Waals surface area contributed by atoms with E-state index in [1.54, 1.807) is 24.3 Å². The SMILES string of the molecule is CN1C(=O)N(C)[C@@H](O)[C@@]2(OCC(I)=C2c2ccc(Cl)cc2)C1=O. The van der Waals surface area contributed by atoms with Crippen molar-refractivity contribution in [3.63, 3.8) is 0 Å². The van der Waals surface area contributed by atoms with Crippen LogP contribution in [-0.2, 0) is 9.53 Å². The molecule has 2 aliphatic heterocycles. The summed E-state index contributed by atoms with van der Waals surface area (Å²) in [6, 6.07) is 6.37. The summed E-state index contributed by atoms with van der Waals surface area (Å²) in [5.41, 5.74) is -0.333. The van der Waals surface area contributed by atoms with Gasteiger partial charge in [-0.15, -0.1) is 0 Å². The maximum atomic E-state index is 12.8. The number of carbonyl (C=O) groups excluding carboxylic acids is 2. The molecular formula is C15H14ClIN2O4. The number of nitrogens with zero attached hydrogens (tertiary/aromatic N) is 2. The number of imide groups is 1. The molecule has 0 bridgehead atoms. The molecule has 3 rings (SSSR count). The largest absolute Gasteiger partial charge is 0.370 e. The molecule has 2 atom stereocenters. The highest BCUT2D eigenvalue weighted by Crippen LogP contribution is 2.47. The number of ether oxygens (including phenoxy) is 1. The fraction of sp³-hybridized carbons (Fsp3) is 0.333. The molecule has 23 heavy (non-hydrogen) atoms. The standard InChI is InChI=1S/C15H14ClIN2O4/c1-18-12(20)15(13(21)19(2)14(18)22)11(10(17)7-23-15)8-3-5-9(16)6-4-8/h3-6,12,20H,7H2,1-2H3/t12-,15+/m0/s1. The van der Waals surface area contributed by atoms with Gasteiger partial charge in [0.15, 0.2) is 6.23 Å². The van der Waals surface area contributed by atoms with Crippen LogP contribution in [0.2, 0.25) is 5.02 Å². The van der Waals surface area contributed by atoms with Gasteiger partial charge in [-0.1, -0.05) is 23.7 Å². The molecule has 1 saturated heterocycles. The molecule has 1 N–H and O–H groups in total. The lowest BCUT2D eigenvalue weighted by Crippen LogP contribution is -2.69. The molecule has 0 saturated carbocycles. The van der Waals surface area contributed by atoms with Crippen molar-refractivity contribution in [3.05, 3.63) is 38.4 Å². The van der Waals surface area contributed by atoms with Gasteiger partial charge in [0.2, 0.25) is 5.60 Å². The summed E-state index contributed by atoms with van der Waals surface area (Å²) in [4.78, 5) is 27.0. The minimum absolute atomic E-state index is 0.192. The van der Waals surface area contributed by atoms with E-state index < -0.39 is 23.8 Å². The first-order valence-electron chi connectivity index (χ1n) is 6.82. The fourth-order valence-corrected chi connectivity index (χ4v) is 3.94. The van der Waals surface area contributed by atoms with Gasteiger partial charge >= 0.3 is 6.03 Å². The molecule has 8 heteroatoms. The second-order valence-electron chi connectivity index (χ2n) is 5.44. The van der Waals surface area contributed by atoms with Crippen LogP contribution in [0.25, 0.3) is 5.57 Å². The van der Waals surface area contributed by atoms with Crippen LogP contribution in [0.4, 0.5) is 4.79 Å². The Morgan fingerprint density at radius 2 is 1.91 bits per heavy atom. The number of halogens is 2. The van der Waals surface area contributed by atoms with E-state index in [-0.39, 0.29) is 6.61 Å². The summed E-state index contributed by atoms with van der Waals surface area (Å²) in [7, 11) is 2.81. The Balaban J connectivity index is 2.18. The molecule has 2 heterocycles. The Morgan fingerprint density at radius 1 is 1.30 bits per heavy atom. The third kappa shape index (κ3) is 2.29. The van der Waals surface area contributed by atoms with E-state index in [1.165, 1.54) is 14.1 Å². The number of amides is 3. The highest BCUT2D eigenvalue weighted by molar-refractivity contribution is 14.1. The normalized spacial score (nSPS) is 28.3. The maximum Gasteiger partial charge on any atom is 0.328 e. The van der Waals surface area contributed by atoms with Crippen LogP contribution < -0.4 is 0 Å². The van der Waals surface area contributed by atoms with E-state index in [1.807, 2.05) is 0 Å². The molecule has 1 aromatic carbocycles. The summed E-state index contributed by atoms with van der Waals surface area (Å²) in [6.45, 7) is 0.192. The molecule has 0 aromatic heterocycles. The first-order valence-corrected chi connectivity index (χ1v) is 8.28. The van der Waals surface area contributed by atoms with Crippen LogP contribution in [0.3, 0.4) is 0 Å². The van der Waals surface area contributed by atoms with Crippen molar-refractivity contribution in [2.75, 3.05) is 20.7 Å². The molecule has 0 radical (unpaired) electrons. The van der Waals surface area contributed by atoms with Crippen molar-refractivity contribution in [1.82, 2.24) is 9.80 Å². The van der Waals surface area contributed by atoms with Gasteiger partial charge in [0.05, 0.1) is 6.61 Å². The van der Waals surface area contributed by atoms with Crippen molar-refractivity contribution in [3.8, 4) is 0 Å². The summed E-state index contributed by atoms with van der Waals surface area (Å²) < 4.78 is 6.55. The Bertz CT molecular complexity index is 721. The molecule has 1 fully saturated rings. The number of urea groups is 1. The number of likely N-dealkylation sites (N-methyl/N-ethyl adjacent to an activating group) is 2. The van der Waals surface area contributed by atoms with Gasteiger partial charge in [0.25, 0.3) is 5.91 Å². The average Bonchev–Trinajstić information content (AvgIpc) is 2.89. The van der Waals surface area contributed by atoms with Crippen molar-refractivity contribution >= 4 is 51.7 Å². The number of hydrogen-bond donors (Lipinski definition) is 1. The summed E-state index contributed by atoms with van der Waals surface area (Å²) >= 11 is 8.02. The topological polar surface area (TPSA) is 70.1 Å². The number of benzene rings is 1. The predicted octanol–water partition coefficient (Wildman–Crippen LogP) is 2.10. The second-order valence-corrected chi connectivity index (χ2v) is 7.18. The molecule has 0 aliphatic carbocycles. The quantitative estimate of drug-likeness (QED) is 0.668. The lowest BCUT2D eigenvalue weighted by molar-refractivity contribution is -0.176. The second kappa shape index (κ2) is 5.73. The number of carbonyl (C=O) groups is 2. The van der Waals surface area contributed by atoms with Gasteiger partial charge in [-0.25, -0.2) is 4.79 Å². The van der Waals surface area contributed by atoms with E-state index in [2.05, 4.69) is 22.6 Å². The minimum atomic E-state index is -1.62. The van der Waals surface area contributed by atoms with E-state index >= 15 is 0 Å². The molecule has 122 valence electrons. The molecule has 6 nitrogen and oxygen atoms in total. The van der Waals surface area contributed by atoms with Crippen LogP contribution >= 0.6 is 34.2 Å². The zero-order chi connectivity index (χ0) is 16.9. The molecule has 0 unspecified atom stereocenters. The van der Waals surface area contributed by atoms with E-state index in [9.17, 15) is 14.7 Å². The van der Waals surface area contributed by atoms with Crippen molar-refractivity contribution in [2.24, 2.45) is 0 Å². The Hall–Kier alpha value is -1.16.